The molecule has 0 atom stereocenters. The molecule has 7 heteroatoms. The Balaban J connectivity index is 2.65. The molecule has 2 aromatic heterocycles. The first-order valence-corrected chi connectivity index (χ1v) is 5.81. The van der Waals surface area contributed by atoms with Crippen molar-refractivity contribution in [1.82, 2.24) is 14.4 Å². The average Bonchev–Trinajstić information content (AvgIpc) is 2.61. The van der Waals surface area contributed by atoms with Crippen LogP contribution in [-0.4, -0.2) is 31.6 Å². The Morgan fingerprint density at radius 1 is 1.53 bits per heavy atom. The molecular formula is C10H11BrN4O2. The number of rotatable bonds is 2. The van der Waals surface area contributed by atoms with E-state index < -0.39 is 6.09 Å². The van der Waals surface area contributed by atoms with Gasteiger partial charge in [-0.1, -0.05) is 0 Å². The summed E-state index contributed by atoms with van der Waals surface area (Å²) in [6, 6.07) is -0.207. The summed E-state index contributed by atoms with van der Waals surface area (Å²) in [5.41, 5.74) is 0.510. The predicted molar refractivity (Wildman–Crippen MR) is 66.3 cm³/mol. The standard InChI is InChI=1S/C10H11BrN4O2/c1-6(2)15(10(16)17)9-8-13-5-7(11)14(8)4-3-12-9/h3-6H,1-2H3,(H,16,17). The van der Waals surface area contributed by atoms with Crippen molar-refractivity contribution in [2.45, 2.75) is 19.9 Å². The molecule has 0 radical (unpaired) electrons. The van der Waals surface area contributed by atoms with Crippen molar-refractivity contribution in [3.8, 4) is 0 Å². The van der Waals surface area contributed by atoms with E-state index in [9.17, 15) is 9.90 Å². The van der Waals surface area contributed by atoms with Gasteiger partial charge in [0.15, 0.2) is 11.5 Å². The van der Waals surface area contributed by atoms with Crippen molar-refractivity contribution in [3.05, 3.63) is 23.2 Å². The quantitative estimate of drug-likeness (QED) is 0.924. The molecule has 1 amide bonds. The molecule has 0 aliphatic carbocycles. The molecule has 0 unspecified atom stereocenters. The Labute approximate surface area is 106 Å². The number of amides is 1. The highest BCUT2D eigenvalue weighted by Crippen LogP contribution is 2.22. The Hall–Kier alpha value is -1.63. The van der Waals surface area contributed by atoms with Crippen LogP contribution in [0.3, 0.4) is 0 Å². The second-order valence-electron chi connectivity index (χ2n) is 3.77. The Morgan fingerprint density at radius 3 is 2.82 bits per heavy atom. The van der Waals surface area contributed by atoms with Crippen LogP contribution in [0.2, 0.25) is 0 Å². The van der Waals surface area contributed by atoms with Gasteiger partial charge in [-0.05, 0) is 29.8 Å². The Morgan fingerprint density at radius 2 is 2.24 bits per heavy atom. The summed E-state index contributed by atoms with van der Waals surface area (Å²) in [5.74, 6) is 0.334. The molecule has 0 bridgehead atoms. The molecular weight excluding hydrogens is 288 g/mol. The molecule has 0 fully saturated rings. The SMILES string of the molecule is CC(C)N(C(=O)O)c1nccn2c(Br)cnc12. The van der Waals surface area contributed by atoms with Gasteiger partial charge in [0.05, 0.1) is 6.20 Å². The topological polar surface area (TPSA) is 70.7 Å². The maximum atomic E-state index is 11.2. The van der Waals surface area contributed by atoms with Gasteiger partial charge in [-0.3, -0.25) is 9.30 Å². The molecule has 0 spiro atoms. The number of imidazole rings is 1. The van der Waals surface area contributed by atoms with Gasteiger partial charge in [0.25, 0.3) is 0 Å². The fourth-order valence-electron chi connectivity index (χ4n) is 1.60. The number of hydrogen-bond donors (Lipinski definition) is 1. The summed E-state index contributed by atoms with van der Waals surface area (Å²) < 4.78 is 2.49. The number of nitrogens with zero attached hydrogens (tertiary/aromatic N) is 4. The summed E-state index contributed by atoms with van der Waals surface area (Å²) >= 11 is 3.33. The normalized spacial score (nSPS) is 11.1. The van der Waals surface area contributed by atoms with Gasteiger partial charge in [0.2, 0.25) is 0 Å². The zero-order valence-corrected chi connectivity index (χ0v) is 10.9. The van der Waals surface area contributed by atoms with Gasteiger partial charge in [0, 0.05) is 18.4 Å². The summed E-state index contributed by atoms with van der Waals surface area (Å²) in [7, 11) is 0. The van der Waals surface area contributed by atoms with Crippen LogP contribution in [0.15, 0.2) is 23.2 Å². The molecule has 0 saturated heterocycles. The van der Waals surface area contributed by atoms with E-state index in [1.165, 1.54) is 4.90 Å². The summed E-state index contributed by atoms with van der Waals surface area (Å²) in [6.45, 7) is 3.58. The fraction of sp³-hybridized carbons (Fsp3) is 0.300. The van der Waals surface area contributed by atoms with Crippen molar-refractivity contribution in [3.63, 3.8) is 0 Å². The third-order valence-electron chi connectivity index (χ3n) is 2.31. The van der Waals surface area contributed by atoms with Crippen LogP contribution < -0.4 is 4.90 Å². The van der Waals surface area contributed by atoms with Gasteiger partial charge in [0.1, 0.15) is 4.60 Å². The third kappa shape index (κ3) is 1.97. The maximum Gasteiger partial charge on any atom is 0.413 e. The second-order valence-corrected chi connectivity index (χ2v) is 4.58. The van der Waals surface area contributed by atoms with Crippen LogP contribution in [0.4, 0.5) is 10.6 Å². The van der Waals surface area contributed by atoms with E-state index in [4.69, 9.17) is 0 Å². The zero-order valence-electron chi connectivity index (χ0n) is 9.33. The molecule has 6 nitrogen and oxygen atoms in total. The number of halogens is 1. The monoisotopic (exact) mass is 298 g/mol. The summed E-state index contributed by atoms with van der Waals surface area (Å²) in [6.07, 6.45) is 3.84. The molecule has 0 saturated carbocycles. The highest BCUT2D eigenvalue weighted by atomic mass is 79.9. The lowest BCUT2D eigenvalue weighted by Gasteiger charge is -2.22. The van der Waals surface area contributed by atoms with Crippen molar-refractivity contribution in [2.75, 3.05) is 4.90 Å². The maximum absolute atomic E-state index is 11.2. The first-order chi connectivity index (χ1) is 8.02. The smallest absolute Gasteiger partial charge is 0.413 e. The molecule has 1 N–H and O–H groups in total. The molecule has 90 valence electrons. The van der Waals surface area contributed by atoms with E-state index in [2.05, 4.69) is 25.9 Å². The predicted octanol–water partition coefficient (Wildman–Crippen LogP) is 2.38. The Bertz CT molecular complexity index is 566. The Kier molecular flexibility index (Phi) is 3.01. The number of hydrogen-bond acceptors (Lipinski definition) is 3. The van der Waals surface area contributed by atoms with Crippen molar-refractivity contribution < 1.29 is 9.90 Å². The molecule has 2 rings (SSSR count). The number of carbonyl (C=O) groups is 1. The molecule has 0 aliphatic rings. The van der Waals surface area contributed by atoms with Gasteiger partial charge in [-0.25, -0.2) is 14.8 Å². The molecule has 2 heterocycles. The van der Waals surface area contributed by atoms with E-state index >= 15 is 0 Å². The highest BCUT2D eigenvalue weighted by Gasteiger charge is 2.23. The van der Waals surface area contributed by atoms with Crippen LogP contribution in [-0.2, 0) is 0 Å². The first kappa shape index (κ1) is 11.8. The van der Waals surface area contributed by atoms with E-state index in [0.29, 0.717) is 11.5 Å². The average molecular weight is 299 g/mol. The minimum absolute atomic E-state index is 0.207. The van der Waals surface area contributed by atoms with E-state index in [1.54, 1.807) is 36.8 Å². The van der Waals surface area contributed by atoms with Crippen LogP contribution >= 0.6 is 15.9 Å². The van der Waals surface area contributed by atoms with E-state index in [-0.39, 0.29) is 6.04 Å². The molecule has 2 aromatic rings. The number of carboxylic acid groups (broad SMARTS) is 1. The van der Waals surface area contributed by atoms with Crippen molar-refractivity contribution >= 4 is 33.5 Å². The number of fused-ring (bicyclic) bond motifs is 1. The number of anilines is 1. The van der Waals surface area contributed by atoms with Crippen LogP contribution in [0, 0.1) is 0 Å². The third-order valence-corrected chi connectivity index (χ3v) is 2.90. The molecule has 0 aliphatic heterocycles. The van der Waals surface area contributed by atoms with Gasteiger partial charge in [-0.15, -0.1) is 0 Å². The lowest BCUT2D eigenvalue weighted by molar-refractivity contribution is 0.200. The van der Waals surface area contributed by atoms with Crippen molar-refractivity contribution in [2.24, 2.45) is 0 Å². The van der Waals surface area contributed by atoms with E-state index in [0.717, 1.165) is 4.60 Å². The number of aromatic nitrogens is 3. The van der Waals surface area contributed by atoms with E-state index in [1.807, 2.05) is 0 Å². The van der Waals surface area contributed by atoms with Crippen molar-refractivity contribution in [1.29, 1.82) is 0 Å². The van der Waals surface area contributed by atoms with Crippen LogP contribution in [0.25, 0.3) is 5.65 Å². The minimum atomic E-state index is -1.04. The van der Waals surface area contributed by atoms with Gasteiger partial charge < -0.3 is 5.11 Å². The van der Waals surface area contributed by atoms with Gasteiger partial charge >= 0.3 is 6.09 Å². The largest absolute Gasteiger partial charge is 0.465 e. The minimum Gasteiger partial charge on any atom is -0.465 e. The lowest BCUT2D eigenvalue weighted by Crippen LogP contribution is -2.36. The van der Waals surface area contributed by atoms with Crippen LogP contribution in [0.1, 0.15) is 13.8 Å². The van der Waals surface area contributed by atoms with Crippen LogP contribution in [0.5, 0.6) is 0 Å². The lowest BCUT2D eigenvalue weighted by atomic mass is 10.3. The second kappa shape index (κ2) is 4.33. The van der Waals surface area contributed by atoms with Gasteiger partial charge in [-0.2, -0.15) is 0 Å². The molecule has 0 aromatic carbocycles. The summed E-state index contributed by atoms with van der Waals surface area (Å²) in [5, 5.41) is 9.20. The first-order valence-electron chi connectivity index (χ1n) is 5.02. The zero-order chi connectivity index (χ0) is 12.6. The summed E-state index contributed by atoms with van der Waals surface area (Å²) in [4.78, 5) is 20.7. The highest BCUT2D eigenvalue weighted by molar-refractivity contribution is 9.10. The fourth-order valence-corrected chi connectivity index (χ4v) is 1.99. The molecule has 17 heavy (non-hydrogen) atoms.